The summed E-state index contributed by atoms with van der Waals surface area (Å²) >= 11 is 1.51. The molecule has 2 aliphatic rings. The number of amides is 2. The molecule has 2 aliphatic heterocycles. The van der Waals surface area contributed by atoms with Crippen LogP contribution in [0.3, 0.4) is 0 Å². The Morgan fingerprint density at radius 3 is 2.73 bits per heavy atom. The minimum absolute atomic E-state index is 0.00904. The lowest BCUT2D eigenvalue weighted by Crippen LogP contribution is -2.60. The van der Waals surface area contributed by atoms with Gasteiger partial charge in [-0.1, -0.05) is 0 Å². The summed E-state index contributed by atoms with van der Waals surface area (Å²) in [6, 6.07) is 1.83. The van der Waals surface area contributed by atoms with Crippen LogP contribution in [0.25, 0.3) is 0 Å². The van der Waals surface area contributed by atoms with E-state index in [4.69, 9.17) is 9.47 Å². The molecular weight excluding hydrogens is 304 g/mol. The summed E-state index contributed by atoms with van der Waals surface area (Å²) in [6.07, 6.45) is 0. The Balaban J connectivity index is 1.76. The molecule has 0 N–H and O–H groups in total. The number of morpholine rings is 1. The number of thiophene rings is 1. The highest BCUT2D eigenvalue weighted by Crippen LogP contribution is 2.24. The number of rotatable bonds is 1. The van der Waals surface area contributed by atoms with Gasteiger partial charge in [0.1, 0.15) is 5.60 Å². The van der Waals surface area contributed by atoms with Crippen LogP contribution >= 0.6 is 11.3 Å². The fraction of sp³-hybridized carbons (Fsp3) is 0.600. The summed E-state index contributed by atoms with van der Waals surface area (Å²) in [5, 5.41) is 3.76. The van der Waals surface area contributed by atoms with Crippen LogP contribution in [0.5, 0.6) is 0 Å². The molecule has 0 aromatic carbocycles. The van der Waals surface area contributed by atoms with Gasteiger partial charge in [-0.15, -0.1) is 0 Å². The third-order valence-electron chi connectivity index (χ3n) is 4.10. The molecule has 0 saturated carbocycles. The predicted octanol–water partition coefficient (Wildman–Crippen LogP) is 0.838. The first-order valence-electron chi connectivity index (χ1n) is 7.38. The molecule has 1 aromatic heterocycles. The summed E-state index contributed by atoms with van der Waals surface area (Å²) in [5.74, 6) is 0.0253. The van der Waals surface area contributed by atoms with Crippen LogP contribution in [0.15, 0.2) is 16.8 Å². The van der Waals surface area contributed by atoms with Crippen LogP contribution in [0.2, 0.25) is 0 Å². The molecule has 3 rings (SSSR count). The molecule has 3 heterocycles. The Hall–Kier alpha value is -1.44. The van der Waals surface area contributed by atoms with Gasteiger partial charge in [-0.3, -0.25) is 9.59 Å². The molecule has 0 radical (unpaired) electrons. The minimum atomic E-state index is -0.619. The zero-order valence-electron chi connectivity index (χ0n) is 12.6. The second-order valence-electron chi connectivity index (χ2n) is 5.76. The highest BCUT2D eigenvalue weighted by molar-refractivity contribution is 7.08. The van der Waals surface area contributed by atoms with Crippen LogP contribution in [0.1, 0.15) is 17.3 Å². The first-order chi connectivity index (χ1) is 10.6. The molecule has 1 aromatic rings. The topological polar surface area (TPSA) is 59.1 Å². The molecule has 22 heavy (non-hydrogen) atoms. The third-order valence-corrected chi connectivity index (χ3v) is 4.78. The van der Waals surface area contributed by atoms with E-state index >= 15 is 0 Å². The summed E-state index contributed by atoms with van der Waals surface area (Å²) in [6.45, 7) is 4.98. The second kappa shape index (κ2) is 6.36. The van der Waals surface area contributed by atoms with Crippen molar-refractivity contribution in [2.24, 2.45) is 0 Å². The van der Waals surface area contributed by atoms with E-state index in [9.17, 15) is 9.59 Å². The van der Waals surface area contributed by atoms with E-state index in [2.05, 4.69) is 0 Å². The second-order valence-corrected chi connectivity index (χ2v) is 6.54. The van der Waals surface area contributed by atoms with E-state index in [1.165, 1.54) is 11.3 Å². The molecule has 2 fully saturated rings. The van der Waals surface area contributed by atoms with Gasteiger partial charge < -0.3 is 19.3 Å². The van der Waals surface area contributed by atoms with Crippen molar-refractivity contribution >= 4 is 23.2 Å². The van der Waals surface area contributed by atoms with Crippen LogP contribution in [0, 0.1) is 0 Å². The van der Waals surface area contributed by atoms with Gasteiger partial charge >= 0.3 is 0 Å². The number of hydrogen-bond donors (Lipinski definition) is 0. The quantitative estimate of drug-likeness (QED) is 0.768. The van der Waals surface area contributed by atoms with Crippen molar-refractivity contribution in [3.8, 4) is 0 Å². The van der Waals surface area contributed by atoms with Crippen molar-refractivity contribution in [2.45, 2.75) is 12.5 Å². The number of ether oxygens (including phenoxy) is 2. The molecule has 120 valence electrons. The molecule has 0 unspecified atom stereocenters. The maximum absolute atomic E-state index is 12.5. The number of hydrogen-bond acceptors (Lipinski definition) is 5. The Morgan fingerprint density at radius 2 is 2.00 bits per heavy atom. The fourth-order valence-corrected chi connectivity index (χ4v) is 3.57. The molecule has 2 saturated heterocycles. The Morgan fingerprint density at radius 1 is 1.23 bits per heavy atom. The zero-order valence-corrected chi connectivity index (χ0v) is 13.4. The van der Waals surface area contributed by atoms with Crippen LogP contribution in [-0.2, 0) is 14.3 Å². The van der Waals surface area contributed by atoms with Crippen LogP contribution in [-0.4, -0.2) is 73.2 Å². The van der Waals surface area contributed by atoms with Crippen molar-refractivity contribution in [3.05, 3.63) is 22.4 Å². The first-order valence-corrected chi connectivity index (χ1v) is 8.33. The van der Waals surface area contributed by atoms with E-state index in [0.29, 0.717) is 51.6 Å². The van der Waals surface area contributed by atoms with E-state index in [1.54, 1.807) is 16.7 Å². The van der Waals surface area contributed by atoms with Gasteiger partial charge in [-0.05, 0) is 11.4 Å². The molecule has 2 amide bonds. The van der Waals surface area contributed by atoms with Gasteiger partial charge in [0.05, 0.1) is 38.5 Å². The van der Waals surface area contributed by atoms with Crippen molar-refractivity contribution in [2.75, 3.05) is 46.0 Å². The van der Waals surface area contributed by atoms with Crippen LogP contribution < -0.4 is 0 Å². The average molecular weight is 324 g/mol. The van der Waals surface area contributed by atoms with Gasteiger partial charge in [0.15, 0.2) is 0 Å². The lowest BCUT2D eigenvalue weighted by atomic mass is 10.0. The van der Waals surface area contributed by atoms with Crippen molar-refractivity contribution in [1.82, 2.24) is 9.80 Å². The molecule has 0 aliphatic carbocycles. The summed E-state index contributed by atoms with van der Waals surface area (Å²) < 4.78 is 11.6. The average Bonchev–Trinajstić information content (AvgIpc) is 2.97. The summed E-state index contributed by atoms with van der Waals surface area (Å²) in [5.41, 5.74) is 0.0894. The molecule has 0 bridgehead atoms. The minimum Gasteiger partial charge on any atom is -0.376 e. The summed E-state index contributed by atoms with van der Waals surface area (Å²) in [4.78, 5) is 27.8. The van der Waals surface area contributed by atoms with Crippen molar-refractivity contribution in [1.29, 1.82) is 0 Å². The lowest BCUT2D eigenvalue weighted by molar-refractivity contribution is -0.145. The molecule has 6 nitrogen and oxygen atoms in total. The van der Waals surface area contributed by atoms with Crippen molar-refractivity contribution < 1.29 is 19.1 Å². The number of carbonyl (C=O) groups excluding carboxylic acids is 2. The Kier molecular flexibility index (Phi) is 4.46. The number of nitrogens with zero attached hydrogens (tertiary/aromatic N) is 2. The van der Waals surface area contributed by atoms with Gasteiger partial charge in [0, 0.05) is 25.4 Å². The van der Waals surface area contributed by atoms with Crippen LogP contribution in [0.4, 0.5) is 0 Å². The van der Waals surface area contributed by atoms with E-state index in [0.717, 1.165) is 0 Å². The molecular formula is C15H20N2O4S. The monoisotopic (exact) mass is 324 g/mol. The maximum Gasteiger partial charge on any atom is 0.254 e. The Labute approximate surface area is 133 Å². The van der Waals surface area contributed by atoms with Gasteiger partial charge in [-0.2, -0.15) is 11.3 Å². The highest BCUT2D eigenvalue weighted by Gasteiger charge is 2.42. The largest absolute Gasteiger partial charge is 0.376 e. The maximum atomic E-state index is 12.5. The van der Waals surface area contributed by atoms with Crippen molar-refractivity contribution in [3.63, 3.8) is 0 Å². The van der Waals surface area contributed by atoms with Gasteiger partial charge in [0.2, 0.25) is 5.91 Å². The predicted molar refractivity (Wildman–Crippen MR) is 82.0 cm³/mol. The van der Waals surface area contributed by atoms with E-state index in [1.807, 2.05) is 16.8 Å². The highest BCUT2D eigenvalue weighted by atomic mass is 32.1. The first kappa shape index (κ1) is 15.5. The SMILES string of the molecule is CC(=O)N1CCOC[C@@]2(C1)CN(C(=O)c1ccsc1)CCO2. The molecule has 7 heteroatoms. The normalized spacial score (nSPS) is 26.0. The fourth-order valence-electron chi connectivity index (χ4n) is 2.94. The Bertz CT molecular complexity index is 548. The van der Waals surface area contributed by atoms with Gasteiger partial charge in [0.25, 0.3) is 5.91 Å². The number of carbonyl (C=O) groups is 2. The molecule has 1 atom stereocenters. The molecule has 1 spiro atoms. The van der Waals surface area contributed by atoms with E-state index < -0.39 is 5.60 Å². The standard InChI is InChI=1S/C15H20N2O4S/c1-12(18)16-3-5-20-11-15(9-16)10-17(4-6-21-15)14(19)13-2-7-22-8-13/h2,7-8H,3-6,9-11H2,1H3/t15-/m1/s1. The third kappa shape index (κ3) is 3.16. The van der Waals surface area contributed by atoms with E-state index in [-0.39, 0.29) is 11.8 Å². The zero-order chi connectivity index (χ0) is 15.6. The lowest BCUT2D eigenvalue weighted by Gasteiger charge is -2.43. The summed E-state index contributed by atoms with van der Waals surface area (Å²) in [7, 11) is 0. The van der Waals surface area contributed by atoms with Gasteiger partial charge in [-0.25, -0.2) is 0 Å². The smallest absolute Gasteiger partial charge is 0.254 e.